The number of carbonyl (C=O) groups excluding carboxylic acids is 1. The molecular formula is C25H35IN4O3. The SMILES string of the molecule is CN=C(NCCc1cccc(C(=O)NC)c1)NCc1ccc(OC2CCCC2)c(OC)c1.I. The molecule has 0 heterocycles. The highest BCUT2D eigenvalue weighted by atomic mass is 127. The van der Waals surface area contributed by atoms with E-state index in [1.165, 1.54) is 12.8 Å². The van der Waals surface area contributed by atoms with Gasteiger partial charge in [-0.05, 0) is 67.5 Å². The fourth-order valence-electron chi connectivity index (χ4n) is 3.85. The predicted molar refractivity (Wildman–Crippen MR) is 143 cm³/mol. The van der Waals surface area contributed by atoms with Crippen molar-refractivity contribution >= 4 is 35.8 Å². The Bertz CT molecular complexity index is 930. The molecule has 180 valence electrons. The number of hydrogen-bond acceptors (Lipinski definition) is 4. The molecule has 3 N–H and O–H groups in total. The number of carbonyl (C=O) groups is 1. The Labute approximate surface area is 213 Å². The number of rotatable bonds is 9. The quantitative estimate of drug-likeness (QED) is 0.244. The van der Waals surface area contributed by atoms with Crippen LogP contribution in [-0.4, -0.2) is 45.7 Å². The molecular weight excluding hydrogens is 531 g/mol. The van der Waals surface area contributed by atoms with E-state index in [-0.39, 0.29) is 29.9 Å². The van der Waals surface area contributed by atoms with Crippen molar-refractivity contribution < 1.29 is 14.3 Å². The first kappa shape index (κ1) is 26.8. The number of nitrogens with one attached hydrogen (secondary N) is 3. The van der Waals surface area contributed by atoms with E-state index >= 15 is 0 Å². The molecule has 8 heteroatoms. The van der Waals surface area contributed by atoms with Gasteiger partial charge in [-0.15, -0.1) is 24.0 Å². The van der Waals surface area contributed by atoms with Crippen LogP contribution in [0.15, 0.2) is 47.5 Å². The highest BCUT2D eigenvalue weighted by Crippen LogP contribution is 2.32. The Balaban J connectivity index is 0.00000385. The number of nitrogens with zero attached hydrogens (tertiary/aromatic N) is 1. The summed E-state index contributed by atoms with van der Waals surface area (Å²) in [6, 6.07) is 13.7. The first-order valence-electron chi connectivity index (χ1n) is 11.2. The third kappa shape index (κ3) is 8.10. The minimum atomic E-state index is -0.0765. The molecule has 0 bridgehead atoms. The maximum atomic E-state index is 11.8. The van der Waals surface area contributed by atoms with E-state index in [0.29, 0.717) is 24.8 Å². The molecule has 0 spiro atoms. The second-order valence-electron chi connectivity index (χ2n) is 7.89. The van der Waals surface area contributed by atoms with E-state index in [4.69, 9.17) is 9.47 Å². The smallest absolute Gasteiger partial charge is 0.251 e. The number of amides is 1. The van der Waals surface area contributed by atoms with Crippen LogP contribution in [0.2, 0.25) is 0 Å². The summed E-state index contributed by atoms with van der Waals surface area (Å²) in [5.41, 5.74) is 2.85. The molecule has 1 amide bonds. The first-order valence-corrected chi connectivity index (χ1v) is 11.2. The molecule has 0 unspecified atom stereocenters. The van der Waals surface area contributed by atoms with Gasteiger partial charge in [0, 0.05) is 32.7 Å². The van der Waals surface area contributed by atoms with Crippen LogP contribution in [0.4, 0.5) is 0 Å². The number of benzene rings is 2. The summed E-state index contributed by atoms with van der Waals surface area (Å²) >= 11 is 0. The van der Waals surface area contributed by atoms with Gasteiger partial charge in [0.2, 0.25) is 0 Å². The van der Waals surface area contributed by atoms with E-state index in [1.807, 2.05) is 36.4 Å². The molecule has 0 aliphatic heterocycles. The second-order valence-corrected chi connectivity index (χ2v) is 7.89. The standard InChI is InChI=1S/C25H34N4O3.HI/c1-26-24(30)20-8-6-7-18(15-20)13-14-28-25(27-2)29-17-19-11-12-22(23(16-19)31-3)32-21-9-4-5-10-21;/h6-8,11-12,15-16,21H,4-5,9-10,13-14,17H2,1-3H3,(H,26,30)(H2,27,28,29);1H. The number of aliphatic imine (C=N–C) groups is 1. The molecule has 2 aromatic rings. The first-order chi connectivity index (χ1) is 15.6. The molecule has 2 aromatic carbocycles. The minimum Gasteiger partial charge on any atom is -0.493 e. The minimum absolute atomic E-state index is 0. The van der Waals surface area contributed by atoms with Gasteiger partial charge >= 0.3 is 0 Å². The van der Waals surface area contributed by atoms with Crippen LogP contribution in [0, 0.1) is 0 Å². The Morgan fingerprint density at radius 2 is 1.85 bits per heavy atom. The summed E-state index contributed by atoms with van der Waals surface area (Å²) in [4.78, 5) is 16.1. The zero-order chi connectivity index (χ0) is 22.8. The molecule has 0 aromatic heterocycles. The Hall–Kier alpha value is -2.49. The second kappa shape index (κ2) is 13.9. The maximum absolute atomic E-state index is 11.8. The molecule has 33 heavy (non-hydrogen) atoms. The van der Waals surface area contributed by atoms with Crippen LogP contribution in [0.3, 0.4) is 0 Å². The lowest BCUT2D eigenvalue weighted by molar-refractivity contribution is 0.0963. The highest BCUT2D eigenvalue weighted by molar-refractivity contribution is 14.0. The molecule has 1 aliphatic carbocycles. The van der Waals surface area contributed by atoms with Gasteiger partial charge in [-0.25, -0.2) is 0 Å². The van der Waals surface area contributed by atoms with Gasteiger partial charge in [-0.2, -0.15) is 0 Å². The Kier molecular flexibility index (Phi) is 11.3. The van der Waals surface area contributed by atoms with Crippen molar-refractivity contribution in [1.29, 1.82) is 0 Å². The molecule has 1 aliphatic rings. The molecule has 1 saturated carbocycles. The molecule has 0 radical (unpaired) electrons. The molecule has 1 fully saturated rings. The van der Waals surface area contributed by atoms with E-state index in [1.54, 1.807) is 21.2 Å². The van der Waals surface area contributed by atoms with Gasteiger partial charge in [0.1, 0.15) is 0 Å². The Morgan fingerprint density at radius 1 is 1.06 bits per heavy atom. The zero-order valence-electron chi connectivity index (χ0n) is 19.6. The fraction of sp³-hybridized carbons (Fsp3) is 0.440. The maximum Gasteiger partial charge on any atom is 0.251 e. The normalized spacial score (nSPS) is 13.7. The lowest BCUT2D eigenvalue weighted by Crippen LogP contribution is -2.37. The summed E-state index contributed by atoms with van der Waals surface area (Å²) in [7, 11) is 5.06. The average Bonchev–Trinajstić information content (AvgIpc) is 3.34. The van der Waals surface area contributed by atoms with Crippen LogP contribution in [0.5, 0.6) is 11.5 Å². The van der Waals surface area contributed by atoms with Crippen LogP contribution < -0.4 is 25.4 Å². The number of guanidine groups is 1. The lowest BCUT2D eigenvalue weighted by Gasteiger charge is -2.17. The van der Waals surface area contributed by atoms with Crippen molar-refractivity contribution in [3.8, 4) is 11.5 Å². The molecule has 0 saturated heterocycles. The fourth-order valence-corrected chi connectivity index (χ4v) is 3.85. The Morgan fingerprint density at radius 3 is 2.55 bits per heavy atom. The van der Waals surface area contributed by atoms with Gasteiger partial charge in [-0.3, -0.25) is 9.79 Å². The monoisotopic (exact) mass is 566 g/mol. The average molecular weight is 566 g/mol. The van der Waals surface area contributed by atoms with Crippen molar-refractivity contribution in [2.45, 2.75) is 44.8 Å². The summed E-state index contributed by atoms with van der Waals surface area (Å²) in [6.45, 7) is 1.32. The van der Waals surface area contributed by atoms with Crippen LogP contribution >= 0.6 is 24.0 Å². The lowest BCUT2D eigenvalue weighted by atomic mass is 10.1. The van der Waals surface area contributed by atoms with E-state index < -0.39 is 0 Å². The van der Waals surface area contributed by atoms with E-state index in [2.05, 4.69) is 27.0 Å². The zero-order valence-corrected chi connectivity index (χ0v) is 22.0. The van der Waals surface area contributed by atoms with Gasteiger partial charge in [-0.1, -0.05) is 18.2 Å². The van der Waals surface area contributed by atoms with Crippen molar-refractivity contribution in [2.24, 2.45) is 4.99 Å². The van der Waals surface area contributed by atoms with Gasteiger partial charge in [0.25, 0.3) is 5.91 Å². The van der Waals surface area contributed by atoms with E-state index in [9.17, 15) is 4.79 Å². The van der Waals surface area contributed by atoms with Gasteiger partial charge in [0.15, 0.2) is 17.5 Å². The van der Waals surface area contributed by atoms with Crippen molar-refractivity contribution in [3.05, 3.63) is 59.2 Å². The van der Waals surface area contributed by atoms with Crippen molar-refractivity contribution in [1.82, 2.24) is 16.0 Å². The van der Waals surface area contributed by atoms with Crippen LogP contribution in [0.1, 0.15) is 47.2 Å². The number of methoxy groups -OCH3 is 1. The molecule has 7 nitrogen and oxygen atoms in total. The summed E-state index contributed by atoms with van der Waals surface area (Å²) in [6.07, 6.45) is 5.79. The summed E-state index contributed by atoms with van der Waals surface area (Å²) < 4.78 is 11.7. The van der Waals surface area contributed by atoms with E-state index in [0.717, 1.165) is 47.8 Å². The van der Waals surface area contributed by atoms with Gasteiger partial charge < -0.3 is 25.4 Å². The summed E-state index contributed by atoms with van der Waals surface area (Å²) in [5.74, 6) is 2.21. The van der Waals surface area contributed by atoms with Crippen molar-refractivity contribution in [3.63, 3.8) is 0 Å². The molecule has 3 rings (SSSR count). The van der Waals surface area contributed by atoms with Gasteiger partial charge in [0.05, 0.1) is 13.2 Å². The third-order valence-corrected chi connectivity index (χ3v) is 5.63. The predicted octanol–water partition coefficient (Wildman–Crippen LogP) is 3.90. The topological polar surface area (TPSA) is 84.0 Å². The number of ether oxygens (including phenoxy) is 2. The number of hydrogen-bond donors (Lipinski definition) is 3. The largest absolute Gasteiger partial charge is 0.493 e. The highest BCUT2D eigenvalue weighted by Gasteiger charge is 2.18. The third-order valence-electron chi connectivity index (χ3n) is 5.63. The van der Waals surface area contributed by atoms with Crippen LogP contribution in [0.25, 0.3) is 0 Å². The van der Waals surface area contributed by atoms with Crippen molar-refractivity contribution in [2.75, 3.05) is 27.7 Å². The number of halogens is 1. The molecule has 0 atom stereocenters. The van der Waals surface area contributed by atoms with Crippen LogP contribution in [-0.2, 0) is 13.0 Å². The summed E-state index contributed by atoms with van der Waals surface area (Å²) in [5, 5.41) is 9.31.